The van der Waals surface area contributed by atoms with Crippen molar-refractivity contribution in [1.82, 2.24) is 0 Å². The van der Waals surface area contributed by atoms with Gasteiger partial charge >= 0.3 is 0 Å². The monoisotopic (exact) mass is 283 g/mol. The lowest BCUT2D eigenvalue weighted by Crippen LogP contribution is -2.46. The second-order valence-corrected chi connectivity index (χ2v) is 4.95. The maximum absolute atomic E-state index is 11.5. The Morgan fingerprint density at radius 2 is 1.94 bits per heavy atom. The third kappa shape index (κ3) is 2.07. The molecule has 1 aliphatic rings. The zero-order valence-electron chi connectivity index (χ0n) is 8.91. The number of primary amides is 1. The molecule has 1 saturated carbocycles. The van der Waals surface area contributed by atoms with Gasteiger partial charge < -0.3 is 10.5 Å². The van der Waals surface area contributed by atoms with E-state index >= 15 is 0 Å². The second-order valence-electron chi connectivity index (χ2n) is 4.10. The van der Waals surface area contributed by atoms with Gasteiger partial charge in [0.05, 0.1) is 4.47 Å². The summed E-state index contributed by atoms with van der Waals surface area (Å²) in [5, 5.41) is 0. The molecule has 0 spiro atoms. The number of para-hydroxylation sites is 1. The highest BCUT2D eigenvalue weighted by Gasteiger charge is 2.42. The zero-order chi connectivity index (χ0) is 11.6. The second kappa shape index (κ2) is 4.45. The first-order chi connectivity index (χ1) is 7.64. The molecule has 0 bridgehead atoms. The Morgan fingerprint density at radius 3 is 2.50 bits per heavy atom. The lowest BCUT2D eigenvalue weighted by Gasteiger charge is -2.27. The summed E-state index contributed by atoms with van der Waals surface area (Å²) >= 11 is 3.40. The van der Waals surface area contributed by atoms with Gasteiger partial charge in [-0.2, -0.15) is 0 Å². The summed E-state index contributed by atoms with van der Waals surface area (Å²) in [4.78, 5) is 11.5. The lowest BCUT2D eigenvalue weighted by atomic mass is 10.0. The van der Waals surface area contributed by atoms with E-state index in [9.17, 15) is 4.79 Å². The van der Waals surface area contributed by atoms with Gasteiger partial charge in [-0.1, -0.05) is 12.1 Å². The van der Waals surface area contributed by atoms with E-state index in [2.05, 4.69) is 15.9 Å². The number of ether oxygens (including phenoxy) is 1. The molecule has 1 aliphatic carbocycles. The molecular formula is C12H14BrNO2. The summed E-state index contributed by atoms with van der Waals surface area (Å²) in [5.41, 5.74) is 4.65. The molecule has 1 aromatic carbocycles. The molecule has 86 valence electrons. The number of hydrogen-bond donors (Lipinski definition) is 1. The molecule has 1 amide bonds. The standard InChI is InChI=1S/C12H14BrNO2/c13-9-5-1-2-6-10(9)16-12(11(14)15)7-3-4-8-12/h1-2,5-6H,3-4,7-8H2,(H2,14,15). The maximum atomic E-state index is 11.5. The average molecular weight is 284 g/mol. The van der Waals surface area contributed by atoms with Crippen LogP contribution in [0.25, 0.3) is 0 Å². The molecule has 0 heterocycles. The summed E-state index contributed by atoms with van der Waals surface area (Å²) in [5.74, 6) is 0.323. The molecule has 16 heavy (non-hydrogen) atoms. The molecule has 2 rings (SSSR count). The van der Waals surface area contributed by atoms with E-state index in [0.29, 0.717) is 18.6 Å². The van der Waals surface area contributed by atoms with Gasteiger partial charge in [0.1, 0.15) is 5.75 Å². The number of nitrogens with two attached hydrogens (primary N) is 1. The molecular weight excluding hydrogens is 270 g/mol. The predicted molar refractivity (Wildman–Crippen MR) is 65.2 cm³/mol. The fourth-order valence-electron chi connectivity index (χ4n) is 2.08. The lowest BCUT2D eigenvalue weighted by molar-refractivity contribution is -0.133. The van der Waals surface area contributed by atoms with Crippen LogP contribution in [-0.4, -0.2) is 11.5 Å². The first kappa shape index (κ1) is 11.5. The largest absolute Gasteiger partial charge is 0.476 e. The van der Waals surface area contributed by atoms with Gasteiger partial charge in [-0.05, 0) is 53.7 Å². The average Bonchev–Trinajstić information content (AvgIpc) is 2.71. The van der Waals surface area contributed by atoms with Gasteiger partial charge in [0, 0.05) is 0 Å². The molecule has 2 N–H and O–H groups in total. The van der Waals surface area contributed by atoms with Crippen molar-refractivity contribution in [2.75, 3.05) is 0 Å². The highest BCUT2D eigenvalue weighted by molar-refractivity contribution is 9.10. The maximum Gasteiger partial charge on any atom is 0.261 e. The van der Waals surface area contributed by atoms with E-state index in [4.69, 9.17) is 10.5 Å². The molecule has 0 atom stereocenters. The SMILES string of the molecule is NC(=O)C1(Oc2ccccc2Br)CCCC1. The van der Waals surface area contributed by atoms with Gasteiger partial charge in [-0.15, -0.1) is 0 Å². The summed E-state index contributed by atoms with van der Waals surface area (Å²) < 4.78 is 6.68. The Labute approximate surface area is 103 Å². The van der Waals surface area contributed by atoms with Crippen molar-refractivity contribution in [3.05, 3.63) is 28.7 Å². The van der Waals surface area contributed by atoms with Crippen molar-refractivity contribution in [2.24, 2.45) is 5.73 Å². The van der Waals surface area contributed by atoms with Crippen LogP contribution in [0.4, 0.5) is 0 Å². The van der Waals surface area contributed by atoms with E-state index in [0.717, 1.165) is 17.3 Å². The van der Waals surface area contributed by atoms with Crippen molar-refractivity contribution >= 4 is 21.8 Å². The van der Waals surface area contributed by atoms with Crippen LogP contribution in [0.3, 0.4) is 0 Å². The van der Waals surface area contributed by atoms with Crippen molar-refractivity contribution < 1.29 is 9.53 Å². The van der Waals surface area contributed by atoms with Crippen LogP contribution in [0.1, 0.15) is 25.7 Å². The number of hydrogen-bond acceptors (Lipinski definition) is 2. The van der Waals surface area contributed by atoms with Gasteiger partial charge in [0.25, 0.3) is 5.91 Å². The number of amides is 1. The number of carbonyl (C=O) groups excluding carboxylic acids is 1. The van der Waals surface area contributed by atoms with Crippen LogP contribution in [-0.2, 0) is 4.79 Å². The number of halogens is 1. The molecule has 0 aromatic heterocycles. The van der Waals surface area contributed by atoms with E-state index in [1.54, 1.807) is 0 Å². The van der Waals surface area contributed by atoms with Crippen molar-refractivity contribution in [1.29, 1.82) is 0 Å². The summed E-state index contributed by atoms with van der Waals surface area (Å²) in [6, 6.07) is 7.51. The van der Waals surface area contributed by atoms with Crippen LogP contribution < -0.4 is 10.5 Å². The molecule has 0 saturated heterocycles. The van der Waals surface area contributed by atoms with Crippen molar-refractivity contribution in [2.45, 2.75) is 31.3 Å². The molecule has 4 heteroatoms. The van der Waals surface area contributed by atoms with Gasteiger partial charge in [-0.3, -0.25) is 4.79 Å². The smallest absolute Gasteiger partial charge is 0.261 e. The van der Waals surface area contributed by atoms with Gasteiger partial charge in [0.2, 0.25) is 0 Å². The third-order valence-electron chi connectivity index (χ3n) is 3.00. The molecule has 0 radical (unpaired) electrons. The minimum atomic E-state index is -0.802. The van der Waals surface area contributed by atoms with Crippen LogP contribution in [0.2, 0.25) is 0 Å². The predicted octanol–water partition coefficient (Wildman–Crippen LogP) is 2.63. The van der Waals surface area contributed by atoms with Crippen molar-refractivity contribution in [3.63, 3.8) is 0 Å². The van der Waals surface area contributed by atoms with E-state index < -0.39 is 5.60 Å². The highest BCUT2D eigenvalue weighted by atomic mass is 79.9. The molecule has 0 aliphatic heterocycles. The molecule has 1 aromatic rings. The minimum absolute atomic E-state index is 0.360. The Kier molecular flexibility index (Phi) is 3.19. The highest BCUT2D eigenvalue weighted by Crippen LogP contribution is 2.36. The number of rotatable bonds is 3. The van der Waals surface area contributed by atoms with Crippen LogP contribution in [0, 0.1) is 0 Å². The van der Waals surface area contributed by atoms with Crippen LogP contribution in [0.5, 0.6) is 5.75 Å². The topological polar surface area (TPSA) is 52.3 Å². The first-order valence-corrected chi connectivity index (χ1v) is 6.17. The van der Waals surface area contributed by atoms with Crippen LogP contribution >= 0.6 is 15.9 Å². The fraction of sp³-hybridized carbons (Fsp3) is 0.417. The number of carbonyl (C=O) groups is 1. The Morgan fingerprint density at radius 1 is 1.31 bits per heavy atom. The summed E-state index contributed by atoms with van der Waals surface area (Å²) in [7, 11) is 0. The van der Waals surface area contributed by atoms with E-state index in [1.165, 1.54) is 0 Å². The minimum Gasteiger partial charge on any atom is -0.476 e. The molecule has 1 fully saturated rings. The summed E-state index contributed by atoms with van der Waals surface area (Å²) in [6.45, 7) is 0. The zero-order valence-corrected chi connectivity index (χ0v) is 10.5. The third-order valence-corrected chi connectivity index (χ3v) is 3.66. The van der Waals surface area contributed by atoms with Gasteiger partial charge in [0.15, 0.2) is 5.60 Å². The van der Waals surface area contributed by atoms with Crippen LogP contribution in [0.15, 0.2) is 28.7 Å². The van der Waals surface area contributed by atoms with E-state index in [-0.39, 0.29) is 5.91 Å². The van der Waals surface area contributed by atoms with Crippen molar-refractivity contribution in [3.8, 4) is 5.75 Å². The Bertz CT molecular complexity index is 400. The van der Waals surface area contributed by atoms with Gasteiger partial charge in [-0.25, -0.2) is 0 Å². The summed E-state index contributed by atoms with van der Waals surface area (Å²) in [6.07, 6.45) is 3.41. The first-order valence-electron chi connectivity index (χ1n) is 5.37. The fourth-order valence-corrected chi connectivity index (χ4v) is 2.45. The normalized spacial score (nSPS) is 18.3. The molecule has 0 unspecified atom stereocenters. The molecule has 3 nitrogen and oxygen atoms in total. The quantitative estimate of drug-likeness (QED) is 0.927. The Balaban J connectivity index is 2.25. The van der Waals surface area contributed by atoms with E-state index in [1.807, 2.05) is 24.3 Å². The Hall–Kier alpha value is -1.03. The number of benzene rings is 1.